The standard InChI is InChI=1S/C55H35N5/c1-5-17-36(18-6-1)41-33-42(37-19-7-2-8-20-37)35-43(34-41)59-46-28-16-15-27-45(46)51-47(59)31-32-49-52(51)50-44-26-14-13-21-38(44)29-30-48(50)60(49)55-57-53(39-22-9-3-10-23-39)56-54(58-55)40-24-11-4-12-25-40/h1-35H. The summed E-state index contributed by atoms with van der Waals surface area (Å²) in [5, 5.41) is 7.07. The number of para-hydroxylation sites is 1. The Bertz CT molecular complexity index is 3460. The molecule has 5 nitrogen and oxygen atoms in total. The maximum atomic E-state index is 5.26. The van der Waals surface area contributed by atoms with Gasteiger partial charge >= 0.3 is 0 Å². The molecule has 0 aliphatic carbocycles. The summed E-state index contributed by atoms with van der Waals surface area (Å²) in [6.07, 6.45) is 0. The highest BCUT2D eigenvalue weighted by atomic mass is 15.2. The average Bonchev–Trinajstić information content (AvgIpc) is 3.86. The summed E-state index contributed by atoms with van der Waals surface area (Å²) >= 11 is 0. The number of hydrogen-bond donors (Lipinski definition) is 0. The minimum atomic E-state index is 0.573. The van der Waals surface area contributed by atoms with Crippen molar-refractivity contribution in [3.63, 3.8) is 0 Å². The smallest absolute Gasteiger partial charge is 0.238 e. The normalized spacial score (nSPS) is 11.7. The molecular formula is C55H35N5. The van der Waals surface area contributed by atoms with Crippen LogP contribution in [-0.2, 0) is 0 Å². The molecule has 0 atom stereocenters. The van der Waals surface area contributed by atoms with E-state index in [2.05, 4.69) is 185 Å². The van der Waals surface area contributed by atoms with Crippen LogP contribution in [0.5, 0.6) is 0 Å². The fourth-order valence-electron chi connectivity index (χ4n) is 9.05. The van der Waals surface area contributed by atoms with Gasteiger partial charge < -0.3 is 4.57 Å². The zero-order valence-electron chi connectivity index (χ0n) is 32.4. The molecule has 12 aromatic rings. The number of benzene rings is 9. The molecule has 0 radical (unpaired) electrons. The van der Waals surface area contributed by atoms with E-state index < -0.39 is 0 Å². The lowest BCUT2D eigenvalue weighted by Gasteiger charge is -2.14. The largest absolute Gasteiger partial charge is 0.309 e. The molecule has 0 bridgehead atoms. The van der Waals surface area contributed by atoms with Crippen molar-refractivity contribution in [3.05, 3.63) is 212 Å². The highest BCUT2D eigenvalue weighted by molar-refractivity contribution is 6.33. The van der Waals surface area contributed by atoms with Gasteiger partial charge in [0.25, 0.3) is 0 Å². The fourth-order valence-corrected chi connectivity index (χ4v) is 9.05. The van der Waals surface area contributed by atoms with Gasteiger partial charge in [0, 0.05) is 38.4 Å². The van der Waals surface area contributed by atoms with E-state index >= 15 is 0 Å². The molecule has 3 aromatic heterocycles. The van der Waals surface area contributed by atoms with Gasteiger partial charge in [0.2, 0.25) is 5.95 Å². The van der Waals surface area contributed by atoms with Crippen LogP contribution in [0.2, 0.25) is 0 Å². The third-order valence-electron chi connectivity index (χ3n) is 11.7. The van der Waals surface area contributed by atoms with Gasteiger partial charge in [-0.15, -0.1) is 0 Å². The molecule has 60 heavy (non-hydrogen) atoms. The van der Waals surface area contributed by atoms with E-state index in [4.69, 9.17) is 15.0 Å². The lowest BCUT2D eigenvalue weighted by molar-refractivity contribution is 0.954. The topological polar surface area (TPSA) is 48.5 Å². The Morgan fingerprint density at radius 3 is 1.33 bits per heavy atom. The summed E-state index contributed by atoms with van der Waals surface area (Å²) in [5.74, 6) is 1.82. The van der Waals surface area contributed by atoms with Gasteiger partial charge in [-0.1, -0.05) is 170 Å². The van der Waals surface area contributed by atoms with Crippen molar-refractivity contribution < 1.29 is 0 Å². The van der Waals surface area contributed by atoms with E-state index in [1.165, 1.54) is 54.6 Å². The van der Waals surface area contributed by atoms with Crippen LogP contribution in [-0.4, -0.2) is 24.1 Å². The number of rotatable bonds is 6. The molecule has 0 saturated carbocycles. The molecule has 0 aliphatic rings. The zero-order valence-corrected chi connectivity index (χ0v) is 32.4. The highest BCUT2D eigenvalue weighted by Gasteiger charge is 2.24. The van der Waals surface area contributed by atoms with E-state index in [1.54, 1.807) is 0 Å². The second kappa shape index (κ2) is 13.8. The second-order valence-electron chi connectivity index (χ2n) is 15.2. The van der Waals surface area contributed by atoms with Gasteiger partial charge in [0.1, 0.15) is 0 Å². The van der Waals surface area contributed by atoms with Gasteiger partial charge in [0.15, 0.2) is 11.6 Å². The first-order valence-electron chi connectivity index (χ1n) is 20.3. The number of aromatic nitrogens is 5. The van der Waals surface area contributed by atoms with Crippen LogP contribution in [0.4, 0.5) is 0 Å². The molecule has 0 fully saturated rings. The van der Waals surface area contributed by atoms with Crippen LogP contribution in [0.3, 0.4) is 0 Å². The molecule has 12 rings (SSSR count). The third-order valence-corrected chi connectivity index (χ3v) is 11.7. The van der Waals surface area contributed by atoms with Crippen molar-refractivity contribution in [2.75, 3.05) is 0 Å². The van der Waals surface area contributed by atoms with Crippen LogP contribution >= 0.6 is 0 Å². The van der Waals surface area contributed by atoms with Crippen LogP contribution in [0.15, 0.2) is 212 Å². The highest BCUT2D eigenvalue weighted by Crippen LogP contribution is 2.45. The summed E-state index contributed by atoms with van der Waals surface area (Å²) in [6.45, 7) is 0. The zero-order chi connectivity index (χ0) is 39.6. The van der Waals surface area contributed by atoms with Crippen LogP contribution < -0.4 is 0 Å². The summed E-state index contributed by atoms with van der Waals surface area (Å²) < 4.78 is 4.69. The van der Waals surface area contributed by atoms with Crippen molar-refractivity contribution in [1.82, 2.24) is 24.1 Å². The van der Waals surface area contributed by atoms with Gasteiger partial charge in [0.05, 0.1) is 22.1 Å². The van der Waals surface area contributed by atoms with Gasteiger partial charge in [-0.2, -0.15) is 9.97 Å². The Kier molecular flexibility index (Phi) is 7.78. The molecular weight excluding hydrogens is 731 g/mol. The molecule has 0 aliphatic heterocycles. The molecule has 3 heterocycles. The maximum Gasteiger partial charge on any atom is 0.238 e. The Balaban J connectivity index is 1.21. The number of fused-ring (bicyclic) bond motifs is 9. The molecule has 0 amide bonds. The minimum absolute atomic E-state index is 0.573. The molecule has 0 spiro atoms. The van der Waals surface area contributed by atoms with Gasteiger partial charge in [-0.25, -0.2) is 4.98 Å². The summed E-state index contributed by atoms with van der Waals surface area (Å²) in [7, 11) is 0. The van der Waals surface area contributed by atoms with E-state index in [0.29, 0.717) is 17.6 Å². The molecule has 280 valence electrons. The number of hydrogen-bond acceptors (Lipinski definition) is 3. The van der Waals surface area contributed by atoms with Gasteiger partial charge in [-0.3, -0.25) is 4.57 Å². The first kappa shape index (κ1) is 33.9. The minimum Gasteiger partial charge on any atom is -0.309 e. The van der Waals surface area contributed by atoms with E-state index in [9.17, 15) is 0 Å². The van der Waals surface area contributed by atoms with E-state index in [-0.39, 0.29) is 0 Å². The average molecular weight is 766 g/mol. The predicted octanol–water partition coefficient (Wildman–Crippen LogP) is 13.9. The van der Waals surface area contributed by atoms with Crippen molar-refractivity contribution in [3.8, 4) is 56.7 Å². The van der Waals surface area contributed by atoms with Crippen molar-refractivity contribution >= 4 is 54.4 Å². The van der Waals surface area contributed by atoms with Crippen molar-refractivity contribution in [1.29, 1.82) is 0 Å². The quantitative estimate of drug-likeness (QED) is 0.169. The monoisotopic (exact) mass is 765 g/mol. The maximum absolute atomic E-state index is 5.26. The number of nitrogens with zero attached hydrogens (tertiary/aromatic N) is 5. The lowest BCUT2D eigenvalue weighted by Crippen LogP contribution is -2.06. The molecule has 5 heteroatoms. The Labute approximate surface area is 346 Å². The predicted molar refractivity (Wildman–Crippen MR) is 248 cm³/mol. The molecule has 0 N–H and O–H groups in total. The Morgan fingerprint density at radius 2 is 0.733 bits per heavy atom. The summed E-state index contributed by atoms with van der Waals surface area (Å²) in [5.41, 5.74) is 12.0. The molecule has 0 unspecified atom stereocenters. The lowest BCUT2D eigenvalue weighted by atomic mass is 9.98. The van der Waals surface area contributed by atoms with Crippen LogP contribution in [0.1, 0.15) is 0 Å². The first-order valence-corrected chi connectivity index (χ1v) is 20.3. The van der Waals surface area contributed by atoms with Crippen LogP contribution in [0, 0.1) is 0 Å². The van der Waals surface area contributed by atoms with Crippen molar-refractivity contribution in [2.24, 2.45) is 0 Å². The molecule has 0 saturated heterocycles. The second-order valence-corrected chi connectivity index (χ2v) is 15.2. The van der Waals surface area contributed by atoms with E-state index in [1.807, 2.05) is 36.4 Å². The van der Waals surface area contributed by atoms with E-state index in [0.717, 1.165) is 38.9 Å². The van der Waals surface area contributed by atoms with Crippen LogP contribution in [0.25, 0.3) is 111 Å². The Morgan fingerprint density at radius 1 is 0.283 bits per heavy atom. The summed E-state index contributed by atoms with van der Waals surface area (Å²) in [4.78, 5) is 15.6. The van der Waals surface area contributed by atoms with Crippen molar-refractivity contribution in [2.45, 2.75) is 0 Å². The third kappa shape index (κ3) is 5.44. The summed E-state index contributed by atoms with van der Waals surface area (Å²) in [6, 6.07) is 75.2. The Hall–Kier alpha value is -8.15. The first-order chi connectivity index (χ1) is 29.8. The molecule has 9 aromatic carbocycles. The fraction of sp³-hybridized carbons (Fsp3) is 0. The SMILES string of the molecule is c1ccc(-c2cc(-c3ccccc3)cc(-n3c4ccccc4c4c5c6c7ccccc7ccc6n(-c6nc(-c7ccccc7)nc(-c7ccccc7)n6)c5ccc43)c2)cc1. The van der Waals surface area contributed by atoms with Gasteiger partial charge in [-0.05, 0) is 75.5 Å².